The van der Waals surface area contributed by atoms with Crippen molar-refractivity contribution in [3.63, 3.8) is 0 Å². The van der Waals surface area contributed by atoms with Crippen LogP contribution in [0.5, 0.6) is 11.5 Å². The maximum atomic E-state index is 12.2. The van der Waals surface area contributed by atoms with Crippen molar-refractivity contribution in [1.29, 1.82) is 0 Å². The Kier molecular flexibility index (Phi) is 4.06. The molecule has 0 heterocycles. The highest BCUT2D eigenvalue weighted by atomic mass is 16.5. The van der Waals surface area contributed by atoms with Gasteiger partial charge in [0.1, 0.15) is 0 Å². The highest BCUT2D eigenvalue weighted by Gasteiger charge is 2.32. The van der Waals surface area contributed by atoms with E-state index in [1.54, 1.807) is 12.1 Å². The first-order valence-electron chi connectivity index (χ1n) is 6.79. The van der Waals surface area contributed by atoms with Gasteiger partial charge in [0.05, 0.1) is 19.8 Å². The van der Waals surface area contributed by atoms with Gasteiger partial charge in [0.15, 0.2) is 11.5 Å². The van der Waals surface area contributed by atoms with Crippen LogP contribution >= 0.6 is 0 Å². The second kappa shape index (κ2) is 5.61. The van der Waals surface area contributed by atoms with E-state index in [1.807, 2.05) is 0 Å². The first kappa shape index (κ1) is 14.5. The Hall–Kier alpha value is -1.91. The molecule has 0 saturated heterocycles. The van der Waals surface area contributed by atoms with Gasteiger partial charge in [-0.2, -0.15) is 0 Å². The third-order valence-electron chi connectivity index (χ3n) is 4.04. The molecule has 1 fully saturated rings. The van der Waals surface area contributed by atoms with Crippen LogP contribution in [0.25, 0.3) is 0 Å². The molecule has 0 radical (unpaired) electrons. The Balaban J connectivity index is 2.12. The number of rotatable bonds is 5. The summed E-state index contributed by atoms with van der Waals surface area (Å²) in [5, 5.41) is 2.96. The van der Waals surface area contributed by atoms with Crippen molar-refractivity contribution in [3.05, 3.63) is 17.7 Å². The van der Waals surface area contributed by atoms with E-state index in [-0.39, 0.29) is 11.3 Å². The molecule has 0 bridgehead atoms. The van der Waals surface area contributed by atoms with E-state index in [0.29, 0.717) is 29.3 Å². The number of nitrogens with one attached hydrogen (secondary N) is 1. The normalized spacial score (nSPS) is 16.1. The summed E-state index contributed by atoms with van der Waals surface area (Å²) in [6.07, 6.45) is 3.56. The highest BCUT2D eigenvalue weighted by Crippen LogP contribution is 2.39. The number of hydrogen-bond donors (Lipinski definition) is 2. The molecular formula is C15H22N2O3. The van der Waals surface area contributed by atoms with E-state index in [2.05, 4.69) is 12.2 Å². The number of hydrogen-bond acceptors (Lipinski definition) is 4. The smallest absolute Gasteiger partial charge is 0.253 e. The third-order valence-corrected chi connectivity index (χ3v) is 4.04. The number of anilines is 1. The average Bonchev–Trinajstić information content (AvgIpc) is 2.42. The van der Waals surface area contributed by atoms with Gasteiger partial charge in [-0.3, -0.25) is 4.79 Å². The number of carbonyl (C=O) groups is 1. The molecule has 3 N–H and O–H groups in total. The summed E-state index contributed by atoms with van der Waals surface area (Å²) < 4.78 is 10.4. The Labute approximate surface area is 119 Å². The second-order valence-electron chi connectivity index (χ2n) is 5.64. The fourth-order valence-corrected chi connectivity index (χ4v) is 2.44. The fourth-order valence-electron chi connectivity index (χ4n) is 2.44. The molecule has 1 saturated carbocycles. The zero-order valence-electron chi connectivity index (χ0n) is 12.3. The monoisotopic (exact) mass is 278 g/mol. The van der Waals surface area contributed by atoms with Crippen LogP contribution in [0.2, 0.25) is 0 Å². The van der Waals surface area contributed by atoms with Crippen LogP contribution in [0.15, 0.2) is 12.1 Å². The molecule has 0 aromatic heterocycles. The lowest BCUT2D eigenvalue weighted by atomic mass is 9.70. The molecule has 0 atom stereocenters. The average molecular weight is 278 g/mol. The fraction of sp³-hybridized carbons (Fsp3) is 0.533. The summed E-state index contributed by atoms with van der Waals surface area (Å²) in [6.45, 7) is 2.87. The SMILES string of the molecule is COc1cc(N)c(C(=O)NCC2(C)CCC2)cc1OC. The maximum Gasteiger partial charge on any atom is 0.253 e. The van der Waals surface area contributed by atoms with Crippen molar-refractivity contribution in [1.82, 2.24) is 5.32 Å². The van der Waals surface area contributed by atoms with E-state index in [0.717, 1.165) is 12.8 Å². The number of benzene rings is 1. The van der Waals surface area contributed by atoms with Crippen LogP contribution in [0.3, 0.4) is 0 Å². The number of carbonyl (C=O) groups excluding carboxylic acids is 1. The van der Waals surface area contributed by atoms with Gasteiger partial charge < -0.3 is 20.5 Å². The van der Waals surface area contributed by atoms with Crippen molar-refractivity contribution in [2.45, 2.75) is 26.2 Å². The van der Waals surface area contributed by atoms with E-state index in [4.69, 9.17) is 15.2 Å². The van der Waals surface area contributed by atoms with E-state index in [9.17, 15) is 4.79 Å². The summed E-state index contributed by atoms with van der Waals surface area (Å²) in [7, 11) is 3.07. The Morgan fingerprint density at radius 3 is 2.40 bits per heavy atom. The number of nitrogen functional groups attached to an aromatic ring is 1. The lowest BCUT2D eigenvalue weighted by Crippen LogP contribution is -2.40. The molecule has 5 nitrogen and oxygen atoms in total. The number of methoxy groups -OCH3 is 2. The van der Waals surface area contributed by atoms with Gasteiger partial charge in [-0.1, -0.05) is 13.3 Å². The molecule has 1 amide bonds. The van der Waals surface area contributed by atoms with Crippen LogP contribution in [-0.4, -0.2) is 26.7 Å². The molecule has 1 aromatic carbocycles. The minimum Gasteiger partial charge on any atom is -0.493 e. The molecule has 1 aliphatic rings. The Morgan fingerprint density at radius 2 is 1.90 bits per heavy atom. The maximum absolute atomic E-state index is 12.2. The first-order chi connectivity index (χ1) is 9.49. The van der Waals surface area contributed by atoms with Gasteiger partial charge >= 0.3 is 0 Å². The largest absolute Gasteiger partial charge is 0.493 e. The quantitative estimate of drug-likeness (QED) is 0.810. The Bertz CT molecular complexity index is 510. The number of amides is 1. The molecule has 5 heteroatoms. The van der Waals surface area contributed by atoms with Crippen LogP contribution in [0.1, 0.15) is 36.5 Å². The van der Waals surface area contributed by atoms with Crippen molar-refractivity contribution in [2.75, 3.05) is 26.5 Å². The topological polar surface area (TPSA) is 73.6 Å². The predicted octanol–water partition coefficient (Wildman–Crippen LogP) is 2.21. The van der Waals surface area contributed by atoms with Crippen LogP contribution in [0, 0.1) is 5.41 Å². The van der Waals surface area contributed by atoms with E-state index in [1.165, 1.54) is 20.6 Å². The van der Waals surface area contributed by atoms with Gasteiger partial charge in [-0.25, -0.2) is 0 Å². The summed E-state index contributed by atoms with van der Waals surface area (Å²) >= 11 is 0. The molecule has 20 heavy (non-hydrogen) atoms. The van der Waals surface area contributed by atoms with Crippen molar-refractivity contribution in [2.24, 2.45) is 5.41 Å². The number of ether oxygens (including phenoxy) is 2. The zero-order chi connectivity index (χ0) is 14.8. The molecule has 0 unspecified atom stereocenters. The van der Waals surface area contributed by atoms with Gasteiger partial charge in [0.25, 0.3) is 5.91 Å². The van der Waals surface area contributed by atoms with Crippen molar-refractivity contribution >= 4 is 11.6 Å². The van der Waals surface area contributed by atoms with Crippen LogP contribution in [-0.2, 0) is 0 Å². The van der Waals surface area contributed by atoms with Gasteiger partial charge in [0, 0.05) is 18.3 Å². The zero-order valence-corrected chi connectivity index (χ0v) is 12.3. The molecular weight excluding hydrogens is 256 g/mol. The minimum absolute atomic E-state index is 0.170. The van der Waals surface area contributed by atoms with Crippen molar-refractivity contribution in [3.8, 4) is 11.5 Å². The van der Waals surface area contributed by atoms with E-state index < -0.39 is 0 Å². The van der Waals surface area contributed by atoms with Crippen molar-refractivity contribution < 1.29 is 14.3 Å². The highest BCUT2D eigenvalue weighted by molar-refractivity contribution is 6.00. The molecule has 0 aliphatic heterocycles. The minimum atomic E-state index is -0.170. The molecule has 1 aliphatic carbocycles. The Morgan fingerprint density at radius 1 is 1.30 bits per heavy atom. The first-order valence-corrected chi connectivity index (χ1v) is 6.79. The summed E-state index contributed by atoms with van der Waals surface area (Å²) in [5.41, 5.74) is 6.96. The summed E-state index contributed by atoms with van der Waals surface area (Å²) in [6, 6.07) is 3.23. The van der Waals surface area contributed by atoms with E-state index >= 15 is 0 Å². The second-order valence-corrected chi connectivity index (χ2v) is 5.64. The molecule has 1 aromatic rings. The number of nitrogens with two attached hydrogens (primary N) is 1. The third kappa shape index (κ3) is 2.81. The predicted molar refractivity (Wildman–Crippen MR) is 78.2 cm³/mol. The van der Waals surface area contributed by atoms with Gasteiger partial charge in [-0.15, -0.1) is 0 Å². The van der Waals surface area contributed by atoms with Crippen LogP contribution < -0.4 is 20.5 Å². The van der Waals surface area contributed by atoms with Crippen LogP contribution in [0.4, 0.5) is 5.69 Å². The summed E-state index contributed by atoms with van der Waals surface area (Å²) in [4.78, 5) is 12.2. The van der Waals surface area contributed by atoms with Gasteiger partial charge in [0.2, 0.25) is 0 Å². The lowest BCUT2D eigenvalue weighted by Gasteiger charge is -2.38. The molecule has 2 rings (SSSR count). The lowest BCUT2D eigenvalue weighted by molar-refractivity contribution is 0.0891. The van der Waals surface area contributed by atoms with Gasteiger partial charge in [-0.05, 0) is 24.3 Å². The standard InChI is InChI=1S/C15H22N2O3/c1-15(5-4-6-15)9-17-14(18)10-7-12(19-2)13(20-3)8-11(10)16/h7-8H,4-6,9,16H2,1-3H3,(H,17,18). The summed E-state index contributed by atoms with van der Waals surface area (Å²) in [5.74, 6) is 0.853. The molecule has 0 spiro atoms. The molecule has 110 valence electrons.